The number of allylic oxidation sites excluding steroid dienone is 1. The van der Waals surface area contributed by atoms with E-state index in [4.69, 9.17) is 14.6 Å². The number of hydrogen-bond acceptors (Lipinski definition) is 5. The SMILES string of the molecule is C=CCc1cc(/C=N\NC(=O)c2cccc(I)c2)cc(OC)c1OCC(=O)O. The Morgan fingerprint density at radius 2 is 2.11 bits per heavy atom. The second-order valence-corrected chi connectivity index (χ2v) is 6.84. The highest BCUT2D eigenvalue weighted by molar-refractivity contribution is 14.1. The summed E-state index contributed by atoms with van der Waals surface area (Å²) < 4.78 is 11.6. The second kappa shape index (κ2) is 10.5. The number of carboxylic acids is 1. The van der Waals surface area contributed by atoms with E-state index in [0.29, 0.717) is 34.6 Å². The minimum absolute atomic E-state index is 0.325. The van der Waals surface area contributed by atoms with Gasteiger partial charge in [0, 0.05) is 14.7 Å². The Kier molecular flexibility index (Phi) is 8.00. The van der Waals surface area contributed by atoms with E-state index in [0.717, 1.165) is 3.57 Å². The lowest BCUT2D eigenvalue weighted by molar-refractivity contribution is -0.139. The highest BCUT2D eigenvalue weighted by Gasteiger charge is 2.14. The minimum Gasteiger partial charge on any atom is -0.493 e. The summed E-state index contributed by atoms with van der Waals surface area (Å²) in [6, 6.07) is 10.6. The predicted octanol–water partition coefficient (Wildman–Crippen LogP) is 3.26. The van der Waals surface area contributed by atoms with Gasteiger partial charge in [0.1, 0.15) is 0 Å². The number of rotatable bonds is 9. The van der Waals surface area contributed by atoms with Gasteiger partial charge >= 0.3 is 5.97 Å². The van der Waals surface area contributed by atoms with Crippen LogP contribution in [-0.4, -0.2) is 36.9 Å². The first kappa shape index (κ1) is 21.4. The lowest BCUT2D eigenvalue weighted by atomic mass is 10.1. The van der Waals surface area contributed by atoms with Gasteiger partial charge in [0.15, 0.2) is 18.1 Å². The highest BCUT2D eigenvalue weighted by Crippen LogP contribution is 2.33. The van der Waals surface area contributed by atoms with Gasteiger partial charge in [0.2, 0.25) is 0 Å². The number of carbonyl (C=O) groups is 2. The molecule has 0 aromatic heterocycles. The molecule has 2 rings (SSSR count). The molecular formula is C20H19IN2O5. The van der Waals surface area contributed by atoms with Gasteiger partial charge < -0.3 is 14.6 Å². The van der Waals surface area contributed by atoms with Crippen LogP contribution in [-0.2, 0) is 11.2 Å². The third-order valence-corrected chi connectivity index (χ3v) is 4.22. The molecule has 0 aliphatic heterocycles. The Labute approximate surface area is 176 Å². The van der Waals surface area contributed by atoms with E-state index in [1.165, 1.54) is 13.3 Å². The average Bonchev–Trinajstić information content (AvgIpc) is 2.66. The number of methoxy groups -OCH3 is 1. The lowest BCUT2D eigenvalue weighted by Crippen LogP contribution is -2.17. The van der Waals surface area contributed by atoms with Gasteiger partial charge in [0.25, 0.3) is 5.91 Å². The quantitative estimate of drug-likeness (QED) is 0.242. The molecule has 0 spiro atoms. The molecular weight excluding hydrogens is 475 g/mol. The zero-order valence-corrected chi connectivity index (χ0v) is 17.3. The van der Waals surface area contributed by atoms with Crippen LogP contribution in [0.25, 0.3) is 0 Å². The van der Waals surface area contributed by atoms with Crippen LogP contribution < -0.4 is 14.9 Å². The molecule has 0 unspecified atom stereocenters. The summed E-state index contributed by atoms with van der Waals surface area (Å²) in [6.07, 6.45) is 3.59. The molecule has 2 aromatic carbocycles. The van der Waals surface area contributed by atoms with E-state index in [2.05, 4.69) is 39.7 Å². The Balaban J connectivity index is 2.21. The Bertz CT molecular complexity index is 911. The summed E-state index contributed by atoms with van der Waals surface area (Å²) in [5.41, 5.74) is 4.33. The van der Waals surface area contributed by atoms with E-state index in [9.17, 15) is 9.59 Å². The van der Waals surface area contributed by atoms with E-state index < -0.39 is 12.6 Å². The fraction of sp³-hybridized carbons (Fsp3) is 0.150. The van der Waals surface area contributed by atoms with Crippen LogP contribution in [0.4, 0.5) is 0 Å². The number of nitrogens with zero attached hydrogens (tertiary/aromatic N) is 1. The topological polar surface area (TPSA) is 97.2 Å². The number of carboxylic acid groups (broad SMARTS) is 1. The summed E-state index contributed by atoms with van der Waals surface area (Å²) in [4.78, 5) is 22.9. The van der Waals surface area contributed by atoms with Gasteiger partial charge in [-0.2, -0.15) is 5.10 Å². The average molecular weight is 494 g/mol. The van der Waals surface area contributed by atoms with Crippen molar-refractivity contribution < 1.29 is 24.2 Å². The van der Waals surface area contributed by atoms with Crippen LogP contribution in [0.2, 0.25) is 0 Å². The van der Waals surface area contributed by atoms with E-state index in [1.807, 2.05) is 6.07 Å². The standard InChI is InChI=1S/C20H19IN2O5/c1-3-5-14-8-13(9-17(27-2)19(14)28-12-18(24)25)11-22-23-20(26)15-6-4-7-16(21)10-15/h3-4,6-11H,1,5,12H2,2H3,(H,23,26)(H,24,25)/b22-11-. The van der Waals surface area contributed by atoms with Crippen LogP contribution in [0.1, 0.15) is 21.5 Å². The number of amides is 1. The van der Waals surface area contributed by atoms with Gasteiger partial charge in [-0.25, -0.2) is 10.2 Å². The number of benzene rings is 2. The van der Waals surface area contributed by atoms with Crippen LogP contribution in [0.3, 0.4) is 0 Å². The maximum Gasteiger partial charge on any atom is 0.341 e. The zero-order chi connectivity index (χ0) is 20.5. The van der Waals surface area contributed by atoms with Crippen molar-refractivity contribution in [1.29, 1.82) is 0 Å². The lowest BCUT2D eigenvalue weighted by Gasteiger charge is -2.14. The Hall–Kier alpha value is -2.88. The van der Waals surface area contributed by atoms with Gasteiger partial charge in [-0.3, -0.25) is 4.79 Å². The number of hydrogen-bond donors (Lipinski definition) is 2. The summed E-state index contributed by atoms with van der Waals surface area (Å²) in [5.74, 6) is -0.708. The van der Waals surface area contributed by atoms with Gasteiger partial charge in [-0.1, -0.05) is 12.1 Å². The third-order valence-electron chi connectivity index (χ3n) is 3.54. The Morgan fingerprint density at radius 3 is 2.75 bits per heavy atom. The maximum absolute atomic E-state index is 12.1. The highest BCUT2D eigenvalue weighted by atomic mass is 127. The molecule has 0 fully saturated rings. The largest absolute Gasteiger partial charge is 0.493 e. The molecule has 0 radical (unpaired) electrons. The molecule has 0 heterocycles. The second-order valence-electron chi connectivity index (χ2n) is 5.60. The monoisotopic (exact) mass is 494 g/mol. The maximum atomic E-state index is 12.1. The molecule has 2 N–H and O–H groups in total. The molecule has 8 heteroatoms. The Morgan fingerprint density at radius 1 is 1.32 bits per heavy atom. The number of carbonyl (C=O) groups excluding carboxylic acids is 1. The molecule has 28 heavy (non-hydrogen) atoms. The molecule has 0 saturated heterocycles. The fourth-order valence-corrected chi connectivity index (χ4v) is 2.92. The van der Waals surface area contributed by atoms with Crippen molar-refractivity contribution in [2.45, 2.75) is 6.42 Å². The van der Waals surface area contributed by atoms with E-state index in [1.54, 1.807) is 36.4 Å². The van der Waals surface area contributed by atoms with E-state index >= 15 is 0 Å². The van der Waals surface area contributed by atoms with Crippen LogP contribution >= 0.6 is 22.6 Å². The molecule has 0 atom stereocenters. The van der Waals surface area contributed by atoms with Crippen LogP contribution in [0, 0.1) is 3.57 Å². The smallest absolute Gasteiger partial charge is 0.341 e. The summed E-state index contributed by atoms with van der Waals surface area (Å²) in [7, 11) is 1.46. The van der Waals surface area contributed by atoms with Gasteiger partial charge in [-0.15, -0.1) is 6.58 Å². The number of halogens is 1. The number of ether oxygens (including phenoxy) is 2. The number of hydrazone groups is 1. The first-order valence-corrected chi connectivity index (χ1v) is 9.27. The van der Waals surface area contributed by atoms with Gasteiger partial charge in [0.05, 0.1) is 13.3 Å². The van der Waals surface area contributed by atoms with E-state index in [-0.39, 0.29) is 5.91 Å². The van der Waals surface area contributed by atoms with Crippen LogP contribution in [0.15, 0.2) is 54.2 Å². The van der Waals surface area contributed by atoms with Crippen LogP contribution in [0.5, 0.6) is 11.5 Å². The molecule has 0 bridgehead atoms. The number of nitrogens with one attached hydrogen (secondary N) is 1. The minimum atomic E-state index is -1.09. The first-order valence-electron chi connectivity index (χ1n) is 8.20. The molecule has 1 amide bonds. The summed E-state index contributed by atoms with van der Waals surface area (Å²) in [6.45, 7) is 3.21. The molecule has 7 nitrogen and oxygen atoms in total. The molecule has 146 valence electrons. The van der Waals surface area contributed by atoms with Crippen molar-refractivity contribution in [1.82, 2.24) is 5.43 Å². The van der Waals surface area contributed by atoms with Crippen molar-refractivity contribution in [3.8, 4) is 11.5 Å². The van der Waals surface area contributed by atoms with Crippen molar-refractivity contribution in [2.75, 3.05) is 13.7 Å². The molecule has 2 aromatic rings. The molecule has 0 aliphatic rings. The molecule has 0 saturated carbocycles. The number of aliphatic carboxylic acids is 1. The predicted molar refractivity (Wildman–Crippen MR) is 114 cm³/mol. The van der Waals surface area contributed by atoms with Gasteiger partial charge in [-0.05, 0) is 64.9 Å². The third kappa shape index (κ3) is 6.08. The van der Waals surface area contributed by atoms with Crippen molar-refractivity contribution in [2.24, 2.45) is 5.10 Å². The molecule has 0 aliphatic carbocycles. The van der Waals surface area contributed by atoms with Crippen molar-refractivity contribution in [3.05, 3.63) is 69.3 Å². The fourth-order valence-electron chi connectivity index (χ4n) is 2.37. The summed E-state index contributed by atoms with van der Waals surface area (Å²) in [5, 5.41) is 12.8. The first-order chi connectivity index (χ1) is 13.4. The zero-order valence-electron chi connectivity index (χ0n) is 15.1. The van der Waals surface area contributed by atoms with Crippen molar-refractivity contribution in [3.63, 3.8) is 0 Å². The van der Waals surface area contributed by atoms with Crippen molar-refractivity contribution >= 4 is 40.7 Å². The summed E-state index contributed by atoms with van der Waals surface area (Å²) >= 11 is 2.13. The normalized spacial score (nSPS) is 10.5.